The zero-order chi connectivity index (χ0) is 10.7. The van der Waals surface area contributed by atoms with Crippen molar-refractivity contribution in [1.82, 2.24) is 4.90 Å². The van der Waals surface area contributed by atoms with Crippen LogP contribution in [0.25, 0.3) is 0 Å². The number of hydrogen-bond acceptors (Lipinski definition) is 2. The van der Waals surface area contributed by atoms with E-state index in [1.54, 1.807) is 7.11 Å². The minimum atomic E-state index is 0.937. The van der Waals surface area contributed by atoms with Gasteiger partial charge in [-0.05, 0) is 49.7 Å². The molecule has 1 aliphatic rings. The van der Waals surface area contributed by atoms with Crippen LogP contribution in [0.1, 0.15) is 18.4 Å². The van der Waals surface area contributed by atoms with E-state index in [9.17, 15) is 0 Å². The standard InChI is InChI=1S/C12H16BrNO/c1-15-11-4-5-12(13)10(8-11)9-14-6-2-3-7-14/h4-5,8H,2-3,6-7,9H2,1H3. The van der Waals surface area contributed by atoms with E-state index in [1.165, 1.54) is 36.0 Å². The average molecular weight is 270 g/mol. The third kappa shape index (κ3) is 2.73. The van der Waals surface area contributed by atoms with Gasteiger partial charge in [-0.25, -0.2) is 0 Å². The average Bonchev–Trinajstić information content (AvgIpc) is 2.74. The fourth-order valence-electron chi connectivity index (χ4n) is 1.98. The van der Waals surface area contributed by atoms with Crippen LogP contribution >= 0.6 is 15.9 Å². The van der Waals surface area contributed by atoms with Gasteiger partial charge < -0.3 is 4.74 Å². The van der Waals surface area contributed by atoms with E-state index in [0.717, 1.165) is 12.3 Å². The van der Waals surface area contributed by atoms with E-state index in [4.69, 9.17) is 4.74 Å². The number of nitrogens with zero attached hydrogens (tertiary/aromatic N) is 1. The van der Waals surface area contributed by atoms with Crippen molar-refractivity contribution in [2.24, 2.45) is 0 Å². The second-order valence-corrected chi connectivity index (χ2v) is 4.79. The zero-order valence-electron chi connectivity index (χ0n) is 9.00. The van der Waals surface area contributed by atoms with Crippen molar-refractivity contribution in [3.05, 3.63) is 28.2 Å². The molecule has 1 fully saturated rings. The Bertz CT molecular complexity index is 334. The summed E-state index contributed by atoms with van der Waals surface area (Å²) in [4.78, 5) is 2.49. The minimum Gasteiger partial charge on any atom is -0.497 e. The molecule has 0 aromatic heterocycles. The maximum atomic E-state index is 5.23. The first-order chi connectivity index (χ1) is 7.29. The van der Waals surface area contributed by atoms with Gasteiger partial charge >= 0.3 is 0 Å². The number of likely N-dealkylation sites (tertiary alicyclic amines) is 1. The van der Waals surface area contributed by atoms with Crippen molar-refractivity contribution in [3.63, 3.8) is 0 Å². The predicted molar refractivity (Wildman–Crippen MR) is 65.2 cm³/mol. The maximum Gasteiger partial charge on any atom is 0.119 e. The van der Waals surface area contributed by atoms with Crippen LogP contribution in [0.5, 0.6) is 5.75 Å². The SMILES string of the molecule is COc1ccc(Br)c(CN2CCCC2)c1. The fraction of sp³-hybridized carbons (Fsp3) is 0.500. The van der Waals surface area contributed by atoms with Crippen molar-refractivity contribution in [2.45, 2.75) is 19.4 Å². The molecule has 2 rings (SSSR count). The summed E-state index contributed by atoms with van der Waals surface area (Å²) in [5.74, 6) is 0.937. The zero-order valence-corrected chi connectivity index (χ0v) is 10.6. The summed E-state index contributed by atoms with van der Waals surface area (Å²) in [6, 6.07) is 6.16. The smallest absolute Gasteiger partial charge is 0.119 e. The molecule has 0 bridgehead atoms. The molecule has 3 heteroatoms. The molecule has 0 N–H and O–H groups in total. The van der Waals surface area contributed by atoms with Gasteiger partial charge in [0.2, 0.25) is 0 Å². The normalized spacial score (nSPS) is 16.9. The Hall–Kier alpha value is -0.540. The van der Waals surface area contributed by atoms with E-state index >= 15 is 0 Å². The molecule has 0 saturated carbocycles. The molecule has 0 spiro atoms. The van der Waals surface area contributed by atoms with Crippen molar-refractivity contribution >= 4 is 15.9 Å². The number of benzene rings is 1. The van der Waals surface area contributed by atoms with Gasteiger partial charge in [-0.15, -0.1) is 0 Å². The lowest BCUT2D eigenvalue weighted by Crippen LogP contribution is -2.18. The molecule has 1 heterocycles. The summed E-state index contributed by atoms with van der Waals surface area (Å²) in [5.41, 5.74) is 1.32. The Kier molecular flexibility index (Phi) is 3.65. The molecule has 1 saturated heterocycles. The Morgan fingerprint density at radius 2 is 2.07 bits per heavy atom. The van der Waals surface area contributed by atoms with Crippen molar-refractivity contribution in [2.75, 3.05) is 20.2 Å². The van der Waals surface area contributed by atoms with Crippen LogP contribution in [0.2, 0.25) is 0 Å². The molecule has 0 radical (unpaired) electrons. The number of rotatable bonds is 3. The predicted octanol–water partition coefficient (Wildman–Crippen LogP) is 3.05. The maximum absolute atomic E-state index is 5.23. The molecule has 15 heavy (non-hydrogen) atoms. The van der Waals surface area contributed by atoms with E-state index in [2.05, 4.69) is 33.0 Å². The molecule has 0 atom stereocenters. The van der Waals surface area contributed by atoms with Gasteiger partial charge in [0.15, 0.2) is 0 Å². The van der Waals surface area contributed by atoms with Crippen molar-refractivity contribution in [3.8, 4) is 5.75 Å². The summed E-state index contributed by atoms with van der Waals surface area (Å²) in [5, 5.41) is 0. The highest BCUT2D eigenvalue weighted by Crippen LogP contribution is 2.24. The summed E-state index contributed by atoms with van der Waals surface area (Å²) in [7, 11) is 1.71. The van der Waals surface area contributed by atoms with Crippen LogP contribution in [0, 0.1) is 0 Å². The van der Waals surface area contributed by atoms with Crippen molar-refractivity contribution < 1.29 is 4.74 Å². The lowest BCUT2D eigenvalue weighted by molar-refractivity contribution is 0.329. The van der Waals surface area contributed by atoms with E-state index in [-0.39, 0.29) is 0 Å². The second-order valence-electron chi connectivity index (χ2n) is 3.94. The largest absolute Gasteiger partial charge is 0.497 e. The lowest BCUT2D eigenvalue weighted by atomic mass is 10.2. The first-order valence-corrected chi connectivity index (χ1v) is 6.13. The van der Waals surface area contributed by atoms with Crippen LogP contribution in [0.3, 0.4) is 0 Å². The summed E-state index contributed by atoms with van der Waals surface area (Å²) < 4.78 is 6.41. The number of ether oxygens (including phenoxy) is 1. The first kappa shape index (κ1) is 11.0. The molecular weight excluding hydrogens is 254 g/mol. The van der Waals surface area contributed by atoms with Crippen LogP contribution < -0.4 is 4.74 Å². The second kappa shape index (κ2) is 4.99. The van der Waals surface area contributed by atoms with Gasteiger partial charge in [-0.3, -0.25) is 4.90 Å². The van der Waals surface area contributed by atoms with Gasteiger partial charge in [0.25, 0.3) is 0 Å². The quantitative estimate of drug-likeness (QED) is 0.837. The van der Waals surface area contributed by atoms with E-state index in [0.29, 0.717) is 0 Å². The Labute approximate surface area is 99.4 Å². The number of methoxy groups -OCH3 is 1. The van der Waals surface area contributed by atoms with Crippen LogP contribution in [0.4, 0.5) is 0 Å². The van der Waals surface area contributed by atoms with Crippen LogP contribution in [0.15, 0.2) is 22.7 Å². The monoisotopic (exact) mass is 269 g/mol. The van der Waals surface area contributed by atoms with Crippen molar-refractivity contribution in [1.29, 1.82) is 0 Å². The lowest BCUT2D eigenvalue weighted by Gasteiger charge is -2.16. The summed E-state index contributed by atoms with van der Waals surface area (Å²) in [6.07, 6.45) is 2.67. The van der Waals surface area contributed by atoms with E-state index < -0.39 is 0 Å². The molecular formula is C12H16BrNO. The number of halogens is 1. The molecule has 1 aromatic carbocycles. The van der Waals surface area contributed by atoms with Crippen LogP contribution in [-0.4, -0.2) is 25.1 Å². The number of hydrogen-bond donors (Lipinski definition) is 0. The third-order valence-electron chi connectivity index (χ3n) is 2.85. The Morgan fingerprint density at radius 1 is 1.33 bits per heavy atom. The van der Waals surface area contributed by atoms with Gasteiger partial charge in [0.1, 0.15) is 5.75 Å². The highest BCUT2D eigenvalue weighted by Gasteiger charge is 2.13. The molecule has 1 aromatic rings. The van der Waals surface area contributed by atoms with Gasteiger partial charge in [0, 0.05) is 11.0 Å². The van der Waals surface area contributed by atoms with Gasteiger partial charge in [-0.1, -0.05) is 15.9 Å². The van der Waals surface area contributed by atoms with Gasteiger partial charge in [-0.2, -0.15) is 0 Å². The first-order valence-electron chi connectivity index (χ1n) is 5.34. The topological polar surface area (TPSA) is 12.5 Å². The molecule has 0 amide bonds. The van der Waals surface area contributed by atoms with Crippen LogP contribution in [-0.2, 0) is 6.54 Å². The van der Waals surface area contributed by atoms with Gasteiger partial charge in [0.05, 0.1) is 7.11 Å². The highest BCUT2D eigenvalue weighted by atomic mass is 79.9. The molecule has 1 aliphatic heterocycles. The minimum absolute atomic E-state index is 0.937. The fourth-order valence-corrected chi connectivity index (χ4v) is 2.35. The molecule has 2 nitrogen and oxygen atoms in total. The summed E-state index contributed by atoms with van der Waals surface area (Å²) >= 11 is 3.58. The Morgan fingerprint density at radius 3 is 2.73 bits per heavy atom. The molecule has 0 aliphatic carbocycles. The molecule has 0 unspecified atom stereocenters. The summed E-state index contributed by atoms with van der Waals surface area (Å²) in [6.45, 7) is 3.48. The van der Waals surface area contributed by atoms with E-state index in [1.807, 2.05) is 6.07 Å². The Balaban J connectivity index is 2.11. The highest BCUT2D eigenvalue weighted by molar-refractivity contribution is 9.10. The third-order valence-corrected chi connectivity index (χ3v) is 3.62. The molecule has 82 valence electrons.